The number of alkyl halides is 3. The SMILES string of the molecule is O=CN1CCN(C(=O)C2CC(=O)N(c3ccc(C(F)(F)F)cc3)C2)CC1. The Bertz CT molecular complexity index is 697. The predicted molar refractivity (Wildman–Crippen MR) is 86.1 cm³/mol. The molecule has 3 amide bonds. The number of anilines is 1. The highest BCUT2D eigenvalue weighted by Gasteiger charge is 2.38. The van der Waals surface area contributed by atoms with E-state index in [0.717, 1.165) is 18.5 Å². The molecule has 2 aliphatic heterocycles. The van der Waals surface area contributed by atoms with Gasteiger partial charge in [-0.2, -0.15) is 13.2 Å². The standard InChI is InChI=1S/C17H18F3N3O3/c18-17(19,20)13-1-3-14(4-2-13)23-10-12(9-15(23)25)16(26)22-7-5-21(11-24)6-8-22/h1-4,11-12H,5-10H2. The molecule has 0 radical (unpaired) electrons. The van der Waals surface area contributed by atoms with Crippen molar-refractivity contribution in [3.63, 3.8) is 0 Å². The summed E-state index contributed by atoms with van der Waals surface area (Å²) in [7, 11) is 0. The van der Waals surface area contributed by atoms with Crippen molar-refractivity contribution in [3.8, 4) is 0 Å². The van der Waals surface area contributed by atoms with Crippen molar-refractivity contribution in [2.24, 2.45) is 5.92 Å². The molecule has 1 aromatic rings. The Morgan fingerprint density at radius 1 is 1.08 bits per heavy atom. The lowest BCUT2D eigenvalue weighted by Gasteiger charge is -2.33. The van der Waals surface area contributed by atoms with Crippen molar-refractivity contribution in [2.45, 2.75) is 12.6 Å². The van der Waals surface area contributed by atoms with Crippen LogP contribution in [0.15, 0.2) is 24.3 Å². The maximum atomic E-state index is 12.6. The van der Waals surface area contributed by atoms with E-state index in [1.807, 2.05) is 0 Å². The summed E-state index contributed by atoms with van der Waals surface area (Å²) in [6.45, 7) is 1.90. The van der Waals surface area contributed by atoms with Gasteiger partial charge in [0.25, 0.3) is 0 Å². The zero-order chi connectivity index (χ0) is 18.9. The molecule has 0 N–H and O–H groups in total. The highest BCUT2D eigenvalue weighted by molar-refractivity contribution is 6.00. The smallest absolute Gasteiger partial charge is 0.342 e. The third kappa shape index (κ3) is 3.66. The normalized spacial score (nSPS) is 21.3. The van der Waals surface area contributed by atoms with Crippen LogP contribution >= 0.6 is 0 Å². The molecular formula is C17H18F3N3O3. The Hall–Kier alpha value is -2.58. The van der Waals surface area contributed by atoms with Gasteiger partial charge >= 0.3 is 6.18 Å². The van der Waals surface area contributed by atoms with E-state index in [1.54, 1.807) is 9.80 Å². The van der Waals surface area contributed by atoms with E-state index < -0.39 is 17.7 Å². The van der Waals surface area contributed by atoms with Crippen LogP contribution in [-0.2, 0) is 20.6 Å². The molecule has 1 atom stereocenters. The van der Waals surface area contributed by atoms with Crippen molar-refractivity contribution >= 4 is 23.9 Å². The van der Waals surface area contributed by atoms with Crippen molar-refractivity contribution in [1.82, 2.24) is 9.80 Å². The second-order valence-electron chi connectivity index (χ2n) is 6.42. The molecule has 0 bridgehead atoms. The van der Waals surface area contributed by atoms with E-state index in [2.05, 4.69) is 0 Å². The maximum Gasteiger partial charge on any atom is 0.416 e. The second kappa shape index (κ2) is 6.97. The van der Waals surface area contributed by atoms with E-state index in [0.29, 0.717) is 31.9 Å². The molecule has 0 aliphatic carbocycles. The number of piperazine rings is 1. The summed E-state index contributed by atoms with van der Waals surface area (Å²) in [5.41, 5.74) is -0.433. The van der Waals surface area contributed by atoms with Crippen LogP contribution in [0.3, 0.4) is 0 Å². The van der Waals surface area contributed by atoms with Crippen LogP contribution < -0.4 is 4.90 Å². The fourth-order valence-corrected chi connectivity index (χ4v) is 3.26. The van der Waals surface area contributed by atoms with Gasteiger partial charge in [0.1, 0.15) is 0 Å². The van der Waals surface area contributed by atoms with Crippen LogP contribution in [0.1, 0.15) is 12.0 Å². The average Bonchev–Trinajstić information content (AvgIpc) is 3.02. The van der Waals surface area contributed by atoms with Gasteiger partial charge in [0.05, 0.1) is 11.5 Å². The van der Waals surface area contributed by atoms with Gasteiger partial charge in [-0.15, -0.1) is 0 Å². The second-order valence-corrected chi connectivity index (χ2v) is 6.42. The molecule has 1 aromatic carbocycles. The molecule has 9 heteroatoms. The van der Waals surface area contributed by atoms with Crippen LogP contribution in [0.4, 0.5) is 18.9 Å². The molecule has 6 nitrogen and oxygen atoms in total. The number of carbonyl (C=O) groups excluding carboxylic acids is 3. The third-order valence-electron chi connectivity index (χ3n) is 4.76. The Kier molecular flexibility index (Phi) is 4.88. The predicted octanol–water partition coefficient (Wildman–Crippen LogP) is 1.36. The van der Waals surface area contributed by atoms with E-state index in [4.69, 9.17) is 0 Å². The molecule has 3 rings (SSSR count). The minimum Gasteiger partial charge on any atom is -0.342 e. The first-order valence-electron chi connectivity index (χ1n) is 8.25. The van der Waals surface area contributed by atoms with E-state index in [1.165, 1.54) is 17.0 Å². The van der Waals surface area contributed by atoms with Crippen LogP contribution in [0.25, 0.3) is 0 Å². The molecule has 2 heterocycles. The quantitative estimate of drug-likeness (QED) is 0.756. The maximum absolute atomic E-state index is 12.6. The fourth-order valence-electron chi connectivity index (χ4n) is 3.26. The van der Waals surface area contributed by atoms with Gasteiger partial charge < -0.3 is 14.7 Å². The summed E-state index contributed by atoms with van der Waals surface area (Å²) in [5.74, 6) is -0.958. The number of hydrogen-bond acceptors (Lipinski definition) is 3. The van der Waals surface area contributed by atoms with Gasteiger partial charge in [0, 0.05) is 44.8 Å². The molecule has 26 heavy (non-hydrogen) atoms. The Morgan fingerprint density at radius 2 is 1.69 bits per heavy atom. The number of hydrogen-bond donors (Lipinski definition) is 0. The first-order valence-corrected chi connectivity index (χ1v) is 8.25. The van der Waals surface area contributed by atoms with Gasteiger partial charge in [-0.3, -0.25) is 14.4 Å². The first-order chi connectivity index (χ1) is 12.3. The van der Waals surface area contributed by atoms with Gasteiger partial charge in [-0.25, -0.2) is 0 Å². The molecule has 2 aliphatic rings. The lowest BCUT2D eigenvalue weighted by atomic mass is 10.1. The van der Waals surface area contributed by atoms with Gasteiger partial charge in [-0.1, -0.05) is 0 Å². The van der Waals surface area contributed by atoms with Gasteiger partial charge in [-0.05, 0) is 24.3 Å². The highest BCUT2D eigenvalue weighted by Crippen LogP contribution is 2.32. The fraction of sp³-hybridized carbons (Fsp3) is 0.471. The number of rotatable bonds is 3. The third-order valence-corrected chi connectivity index (χ3v) is 4.76. The van der Waals surface area contributed by atoms with Crippen molar-refractivity contribution in [3.05, 3.63) is 29.8 Å². The number of benzene rings is 1. The van der Waals surface area contributed by atoms with Gasteiger partial charge in [0.15, 0.2) is 0 Å². The minimum absolute atomic E-state index is 0.0355. The summed E-state index contributed by atoms with van der Waals surface area (Å²) < 4.78 is 37.9. The highest BCUT2D eigenvalue weighted by atomic mass is 19.4. The van der Waals surface area contributed by atoms with E-state index in [-0.39, 0.29) is 24.8 Å². The molecule has 0 spiro atoms. The van der Waals surface area contributed by atoms with Crippen molar-refractivity contribution < 1.29 is 27.6 Å². The Labute approximate surface area is 148 Å². The zero-order valence-electron chi connectivity index (χ0n) is 13.9. The Balaban J connectivity index is 1.65. The molecule has 140 valence electrons. The largest absolute Gasteiger partial charge is 0.416 e. The van der Waals surface area contributed by atoms with E-state index >= 15 is 0 Å². The van der Waals surface area contributed by atoms with Crippen molar-refractivity contribution in [2.75, 3.05) is 37.6 Å². The molecule has 2 fully saturated rings. The summed E-state index contributed by atoms with van der Waals surface area (Å²) in [6, 6.07) is 4.35. The molecular weight excluding hydrogens is 351 g/mol. The Morgan fingerprint density at radius 3 is 2.23 bits per heavy atom. The lowest BCUT2D eigenvalue weighted by molar-refractivity contribution is -0.139. The summed E-state index contributed by atoms with van der Waals surface area (Å²) in [6.07, 6.45) is -3.66. The van der Waals surface area contributed by atoms with Crippen molar-refractivity contribution in [1.29, 1.82) is 0 Å². The van der Waals surface area contributed by atoms with Crippen LogP contribution in [0, 0.1) is 5.92 Å². The molecule has 0 aromatic heterocycles. The topological polar surface area (TPSA) is 60.9 Å². The van der Waals surface area contributed by atoms with E-state index in [9.17, 15) is 27.6 Å². The number of halogens is 3. The molecule has 0 saturated carbocycles. The zero-order valence-corrected chi connectivity index (χ0v) is 13.9. The number of carbonyl (C=O) groups is 3. The lowest BCUT2D eigenvalue weighted by Crippen LogP contribution is -2.50. The minimum atomic E-state index is -4.43. The van der Waals surface area contributed by atoms with Gasteiger partial charge in [0.2, 0.25) is 18.2 Å². The van der Waals surface area contributed by atoms with Crippen LogP contribution in [0.5, 0.6) is 0 Å². The van der Waals surface area contributed by atoms with Crippen LogP contribution in [0.2, 0.25) is 0 Å². The first kappa shape index (κ1) is 18.2. The number of nitrogens with zero attached hydrogens (tertiary/aromatic N) is 3. The summed E-state index contributed by atoms with van der Waals surface area (Å²) >= 11 is 0. The summed E-state index contributed by atoms with van der Waals surface area (Å²) in [4.78, 5) is 40.1. The number of amides is 3. The molecule has 2 saturated heterocycles. The molecule has 1 unspecified atom stereocenters. The summed E-state index contributed by atoms with van der Waals surface area (Å²) in [5, 5.41) is 0. The monoisotopic (exact) mass is 369 g/mol. The average molecular weight is 369 g/mol. The van der Waals surface area contributed by atoms with Crippen LogP contribution in [-0.4, -0.2) is 60.7 Å².